The molecule has 13 rings (SSSR count). The van der Waals surface area contributed by atoms with Crippen molar-refractivity contribution in [3.05, 3.63) is 255 Å². The number of para-hydroxylation sites is 3. The first kappa shape index (κ1) is 38.5. The SMILES string of the molecule is c1cc(-c2ccc(N(c3ccc(-c4cccc(-n5c6ccccc6c6ccccc65)c4)cc3)c3ccc(-c4ccc5ccccc5c4)cc3)cc2)cc(-c2cccc3oc4ccccc4c23)c1. The van der Waals surface area contributed by atoms with Crippen LogP contribution in [0.2, 0.25) is 0 Å². The van der Waals surface area contributed by atoms with Crippen LogP contribution in [0.3, 0.4) is 0 Å². The zero-order valence-electron chi connectivity index (χ0n) is 36.6. The molecule has 0 atom stereocenters. The molecule has 0 radical (unpaired) electrons. The number of hydrogen-bond acceptors (Lipinski definition) is 2. The maximum absolute atomic E-state index is 6.25. The largest absolute Gasteiger partial charge is 0.456 e. The standard InChI is InChI=1S/C64H42N2O/c1-2-13-47-40-50(27-26-43(47)12-1)46-32-38-54(39-33-46)65(52-34-28-44(29-35-52)48-14-9-16-51(41-48)56-21-11-25-63-64(56)59-20-5-8-24-62(59)67-63)53-36-30-45(31-37-53)49-15-10-17-55(42-49)66-60-22-6-3-18-57(60)58-19-4-7-23-61(58)66/h1-42H. The minimum Gasteiger partial charge on any atom is -0.456 e. The third-order valence-electron chi connectivity index (χ3n) is 13.4. The van der Waals surface area contributed by atoms with Gasteiger partial charge in [-0.2, -0.15) is 0 Å². The van der Waals surface area contributed by atoms with Crippen LogP contribution in [0.25, 0.3) is 105 Å². The number of fused-ring (bicyclic) bond motifs is 7. The van der Waals surface area contributed by atoms with Gasteiger partial charge in [-0.1, -0.05) is 170 Å². The Balaban J connectivity index is 0.864. The van der Waals surface area contributed by atoms with Gasteiger partial charge in [0.2, 0.25) is 0 Å². The zero-order valence-corrected chi connectivity index (χ0v) is 36.6. The number of furan rings is 1. The highest BCUT2D eigenvalue weighted by Gasteiger charge is 2.17. The van der Waals surface area contributed by atoms with Crippen molar-refractivity contribution in [2.24, 2.45) is 0 Å². The summed E-state index contributed by atoms with van der Waals surface area (Å²) in [5.74, 6) is 0. The second-order valence-electron chi connectivity index (χ2n) is 17.3. The number of aromatic nitrogens is 1. The molecule has 11 aromatic carbocycles. The van der Waals surface area contributed by atoms with Gasteiger partial charge in [0.1, 0.15) is 11.2 Å². The smallest absolute Gasteiger partial charge is 0.136 e. The number of anilines is 3. The maximum atomic E-state index is 6.25. The molecule has 0 fully saturated rings. The summed E-state index contributed by atoms with van der Waals surface area (Å²) < 4.78 is 8.63. The van der Waals surface area contributed by atoms with Gasteiger partial charge in [0, 0.05) is 44.3 Å². The van der Waals surface area contributed by atoms with E-state index >= 15 is 0 Å². The Kier molecular flexibility index (Phi) is 9.17. The van der Waals surface area contributed by atoms with Gasteiger partial charge in [0.15, 0.2) is 0 Å². The van der Waals surface area contributed by atoms with Crippen LogP contribution in [0.5, 0.6) is 0 Å². The van der Waals surface area contributed by atoms with E-state index in [2.05, 4.69) is 252 Å². The van der Waals surface area contributed by atoms with Crippen molar-refractivity contribution in [2.45, 2.75) is 0 Å². The van der Waals surface area contributed by atoms with Crippen molar-refractivity contribution in [1.29, 1.82) is 0 Å². The minimum absolute atomic E-state index is 0.903. The molecular weight excluding hydrogens is 813 g/mol. The third kappa shape index (κ3) is 6.76. The highest BCUT2D eigenvalue weighted by molar-refractivity contribution is 6.13. The lowest BCUT2D eigenvalue weighted by Crippen LogP contribution is -2.09. The highest BCUT2D eigenvalue weighted by Crippen LogP contribution is 2.41. The monoisotopic (exact) mass is 854 g/mol. The van der Waals surface area contributed by atoms with E-state index in [0.717, 1.165) is 66.9 Å². The Bertz CT molecular complexity index is 3920. The van der Waals surface area contributed by atoms with Gasteiger partial charge in [0.25, 0.3) is 0 Å². The van der Waals surface area contributed by atoms with Crippen LogP contribution >= 0.6 is 0 Å². The van der Waals surface area contributed by atoms with E-state index in [0.29, 0.717) is 0 Å². The van der Waals surface area contributed by atoms with Gasteiger partial charge in [-0.15, -0.1) is 0 Å². The van der Waals surface area contributed by atoms with Crippen molar-refractivity contribution in [3.8, 4) is 50.2 Å². The summed E-state index contributed by atoms with van der Waals surface area (Å²) >= 11 is 0. The number of benzene rings is 11. The Morgan fingerprint density at radius 2 is 0.776 bits per heavy atom. The van der Waals surface area contributed by atoms with Crippen LogP contribution in [0, 0.1) is 0 Å². The summed E-state index contributed by atoms with van der Waals surface area (Å²) in [5, 5.41) is 7.29. The summed E-state index contributed by atoms with van der Waals surface area (Å²) in [6.07, 6.45) is 0. The highest BCUT2D eigenvalue weighted by atomic mass is 16.3. The van der Waals surface area contributed by atoms with Gasteiger partial charge >= 0.3 is 0 Å². The minimum atomic E-state index is 0.903. The second-order valence-corrected chi connectivity index (χ2v) is 17.3. The number of nitrogens with zero attached hydrogens (tertiary/aromatic N) is 2. The normalized spacial score (nSPS) is 11.6. The quantitative estimate of drug-likeness (QED) is 0.152. The van der Waals surface area contributed by atoms with Gasteiger partial charge in [-0.25, -0.2) is 0 Å². The summed E-state index contributed by atoms with van der Waals surface area (Å²) in [6.45, 7) is 0. The Morgan fingerprint density at radius 3 is 1.43 bits per heavy atom. The predicted molar refractivity (Wildman–Crippen MR) is 282 cm³/mol. The van der Waals surface area contributed by atoms with Gasteiger partial charge < -0.3 is 13.9 Å². The molecule has 3 heteroatoms. The molecule has 13 aromatic rings. The third-order valence-corrected chi connectivity index (χ3v) is 13.4. The van der Waals surface area contributed by atoms with Crippen LogP contribution in [0.4, 0.5) is 17.1 Å². The molecule has 0 aliphatic carbocycles. The van der Waals surface area contributed by atoms with E-state index in [1.165, 1.54) is 54.8 Å². The van der Waals surface area contributed by atoms with Crippen LogP contribution in [0.15, 0.2) is 259 Å². The Morgan fingerprint density at radius 1 is 0.299 bits per heavy atom. The fourth-order valence-corrected chi connectivity index (χ4v) is 10.1. The van der Waals surface area contributed by atoms with Gasteiger partial charge in [-0.05, 0) is 140 Å². The fourth-order valence-electron chi connectivity index (χ4n) is 10.1. The fraction of sp³-hybridized carbons (Fsp3) is 0. The lowest BCUT2D eigenvalue weighted by molar-refractivity contribution is 0.669. The maximum Gasteiger partial charge on any atom is 0.136 e. The molecule has 314 valence electrons. The average molecular weight is 855 g/mol. The summed E-state index contributed by atoms with van der Waals surface area (Å²) in [6, 6.07) is 91.9. The Labute approximate surface area is 388 Å². The molecule has 0 saturated heterocycles. The molecule has 67 heavy (non-hydrogen) atoms. The molecule has 2 aromatic heterocycles. The topological polar surface area (TPSA) is 21.3 Å². The van der Waals surface area contributed by atoms with E-state index < -0.39 is 0 Å². The molecule has 0 amide bonds. The average Bonchev–Trinajstić information content (AvgIpc) is 3.96. The van der Waals surface area contributed by atoms with Crippen LogP contribution < -0.4 is 4.90 Å². The van der Waals surface area contributed by atoms with Crippen molar-refractivity contribution < 1.29 is 4.42 Å². The predicted octanol–water partition coefficient (Wildman–Crippen LogP) is 18.0. The van der Waals surface area contributed by atoms with Gasteiger partial charge in [-0.3, -0.25) is 0 Å². The summed E-state index contributed by atoms with van der Waals surface area (Å²) in [4.78, 5) is 2.35. The lowest BCUT2D eigenvalue weighted by atomic mass is 9.96. The number of rotatable bonds is 8. The number of hydrogen-bond donors (Lipinski definition) is 0. The van der Waals surface area contributed by atoms with Crippen LogP contribution in [-0.2, 0) is 0 Å². The van der Waals surface area contributed by atoms with E-state index in [9.17, 15) is 0 Å². The molecule has 3 nitrogen and oxygen atoms in total. The molecule has 0 aliphatic heterocycles. The van der Waals surface area contributed by atoms with Crippen molar-refractivity contribution in [2.75, 3.05) is 4.90 Å². The van der Waals surface area contributed by atoms with Crippen LogP contribution in [-0.4, -0.2) is 4.57 Å². The molecule has 0 N–H and O–H groups in total. The molecule has 2 heterocycles. The first-order chi connectivity index (χ1) is 33.2. The van der Waals surface area contributed by atoms with E-state index in [1.54, 1.807) is 0 Å². The molecule has 0 aliphatic rings. The first-order valence-electron chi connectivity index (χ1n) is 22.9. The molecular formula is C64H42N2O. The zero-order chi connectivity index (χ0) is 44.3. The van der Waals surface area contributed by atoms with Gasteiger partial charge in [0.05, 0.1) is 11.0 Å². The van der Waals surface area contributed by atoms with E-state index in [-0.39, 0.29) is 0 Å². The van der Waals surface area contributed by atoms with E-state index in [4.69, 9.17) is 4.42 Å². The lowest BCUT2D eigenvalue weighted by Gasteiger charge is -2.26. The van der Waals surface area contributed by atoms with Crippen molar-refractivity contribution in [3.63, 3.8) is 0 Å². The summed E-state index contributed by atoms with van der Waals surface area (Å²) in [7, 11) is 0. The summed E-state index contributed by atoms with van der Waals surface area (Å²) in [5.41, 5.74) is 18.0. The van der Waals surface area contributed by atoms with E-state index in [1.807, 2.05) is 12.1 Å². The molecule has 0 bridgehead atoms. The van der Waals surface area contributed by atoms with Crippen molar-refractivity contribution >= 4 is 71.6 Å². The Hall–Kier alpha value is -8.92. The first-order valence-corrected chi connectivity index (χ1v) is 22.9. The molecule has 0 saturated carbocycles. The second kappa shape index (κ2) is 16.0. The molecule has 0 spiro atoms. The van der Waals surface area contributed by atoms with Crippen molar-refractivity contribution in [1.82, 2.24) is 4.57 Å². The molecule has 0 unspecified atom stereocenters. The van der Waals surface area contributed by atoms with Crippen LogP contribution in [0.1, 0.15) is 0 Å².